The van der Waals surface area contributed by atoms with Crippen LogP contribution in [0.3, 0.4) is 0 Å². The van der Waals surface area contributed by atoms with Gasteiger partial charge in [-0.3, -0.25) is 4.79 Å². The maximum Gasteiger partial charge on any atom is 0.327 e. The smallest absolute Gasteiger partial charge is 0.327 e. The molecule has 19 heavy (non-hydrogen) atoms. The average molecular weight is 264 g/mol. The summed E-state index contributed by atoms with van der Waals surface area (Å²) >= 11 is 0. The number of carboxylic acid groups (broad SMARTS) is 1. The van der Waals surface area contributed by atoms with Gasteiger partial charge in [0, 0.05) is 25.3 Å². The molecule has 0 bridgehead atoms. The second kappa shape index (κ2) is 5.23. The molecular weight excluding hydrogens is 248 g/mol. The number of hydrogen-bond donors (Lipinski definition) is 3. The first-order chi connectivity index (χ1) is 9.00. The normalized spacial score (nSPS) is 19.2. The molecular formula is C12H16N4O3. The Labute approximate surface area is 110 Å². The SMILES string of the molecule is Cc1ccc(C(N)=O)c(N2CCNCC2C(=O)O)n1. The van der Waals surface area contributed by atoms with Gasteiger partial charge in [-0.05, 0) is 19.1 Å². The van der Waals surface area contributed by atoms with E-state index in [0.717, 1.165) is 0 Å². The third-order valence-corrected chi connectivity index (χ3v) is 3.08. The number of nitrogens with zero attached hydrogens (tertiary/aromatic N) is 2. The highest BCUT2D eigenvalue weighted by atomic mass is 16.4. The number of primary amides is 1. The largest absolute Gasteiger partial charge is 0.480 e. The fourth-order valence-electron chi connectivity index (χ4n) is 2.13. The Morgan fingerprint density at radius 2 is 2.26 bits per heavy atom. The number of rotatable bonds is 3. The molecule has 1 aliphatic heterocycles. The van der Waals surface area contributed by atoms with Gasteiger partial charge in [0.15, 0.2) is 0 Å². The van der Waals surface area contributed by atoms with E-state index in [-0.39, 0.29) is 5.56 Å². The van der Waals surface area contributed by atoms with Crippen molar-refractivity contribution in [3.63, 3.8) is 0 Å². The predicted octanol–water partition coefficient (Wildman–Crippen LogP) is -0.648. The first-order valence-corrected chi connectivity index (χ1v) is 5.98. The van der Waals surface area contributed by atoms with E-state index in [4.69, 9.17) is 5.73 Å². The quantitative estimate of drug-likeness (QED) is 0.669. The summed E-state index contributed by atoms with van der Waals surface area (Å²) in [4.78, 5) is 28.6. The molecule has 1 atom stereocenters. The Morgan fingerprint density at radius 3 is 2.89 bits per heavy atom. The topological polar surface area (TPSA) is 109 Å². The van der Waals surface area contributed by atoms with E-state index in [1.165, 1.54) is 0 Å². The first kappa shape index (κ1) is 13.3. The molecule has 0 aromatic carbocycles. The van der Waals surface area contributed by atoms with Gasteiger partial charge in [0.25, 0.3) is 5.91 Å². The van der Waals surface area contributed by atoms with Crippen molar-refractivity contribution in [1.82, 2.24) is 10.3 Å². The molecule has 1 fully saturated rings. The lowest BCUT2D eigenvalue weighted by Crippen LogP contribution is -2.55. The summed E-state index contributed by atoms with van der Waals surface area (Å²) in [5, 5.41) is 12.3. The van der Waals surface area contributed by atoms with Crippen molar-refractivity contribution in [2.75, 3.05) is 24.5 Å². The van der Waals surface area contributed by atoms with Gasteiger partial charge in [0.1, 0.15) is 11.9 Å². The monoisotopic (exact) mass is 264 g/mol. The van der Waals surface area contributed by atoms with E-state index in [1.54, 1.807) is 24.0 Å². The van der Waals surface area contributed by atoms with E-state index in [0.29, 0.717) is 31.1 Å². The molecule has 0 saturated carbocycles. The molecule has 2 rings (SSSR count). The van der Waals surface area contributed by atoms with E-state index < -0.39 is 17.9 Å². The van der Waals surface area contributed by atoms with Crippen LogP contribution in [-0.2, 0) is 4.79 Å². The van der Waals surface area contributed by atoms with E-state index in [1.807, 2.05) is 0 Å². The maximum atomic E-state index is 11.4. The number of amides is 1. The van der Waals surface area contributed by atoms with Crippen molar-refractivity contribution < 1.29 is 14.7 Å². The van der Waals surface area contributed by atoms with Crippen LogP contribution in [-0.4, -0.2) is 47.6 Å². The molecule has 1 saturated heterocycles. The Balaban J connectivity index is 2.46. The highest BCUT2D eigenvalue weighted by molar-refractivity contribution is 5.98. The molecule has 7 heteroatoms. The molecule has 0 radical (unpaired) electrons. The fraction of sp³-hybridized carbons (Fsp3) is 0.417. The van der Waals surface area contributed by atoms with E-state index in [2.05, 4.69) is 10.3 Å². The molecule has 1 amide bonds. The minimum absolute atomic E-state index is 0.249. The molecule has 2 heterocycles. The number of anilines is 1. The lowest BCUT2D eigenvalue weighted by molar-refractivity contribution is -0.138. The summed E-state index contributed by atoms with van der Waals surface area (Å²) < 4.78 is 0. The minimum Gasteiger partial charge on any atom is -0.480 e. The van der Waals surface area contributed by atoms with Crippen LogP contribution in [0.5, 0.6) is 0 Å². The number of aryl methyl sites for hydroxylation is 1. The number of carbonyl (C=O) groups is 2. The summed E-state index contributed by atoms with van der Waals surface area (Å²) in [7, 11) is 0. The van der Waals surface area contributed by atoms with Crippen LogP contribution in [0.2, 0.25) is 0 Å². The number of carbonyl (C=O) groups excluding carboxylic acids is 1. The zero-order chi connectivity index (χ0) is 14.0. The van der Waals surface area contributed by atoms with Crippen LogP contribution in [0.4, 0.5) is 5.82 Å². The lowest BCUT2D eigenvalue weighted by atomic mass is 10.1. The van der Waals surface area contributed by atoms with Gasteiger partial charge in [-0.25, -0.2) is 9.78 Å². The Hall–Kier alpha value is -2.15. The summed E-state index contributed by atoms with van der Waals surface area (Å²) in [6.07, 6.45) is 0. The number of aliphatic carboxylic acids is 1. The highest BCUT2D eigenvalue weighted by Gasteiger charge is 2.31. The lowest BCUT2D eigenvalue weighted by Gasteiger charge is -2.35. The van der Waals surface area contributed by atoms with Crippen molar-refractivity contribution in [2.24, 2.45) is 5.73 Å². The summed E-state index contributed by atoms with van der Waals surface area (Å²) in [6.45, 7) is 3.20. The zero-order valence-corrected chi connectivity index (χ0v) is 10.6. The standard InChI is InChI=1S/C12H16N4O3/c1-7-2-3-8(10(13)17)11(15-7)16-5-4-14-6-9(16)12(18)19/h2-3,9,14H,4-6H2,1H3,(H2,13,17)(H,18,19). The summed E-state index contributed by atoms with van der Waals surface area (Å²) in [5.74, 6) is -1.21. The second-order valence-corrected chi connectivity index (χ2v) is 4.44. The number of nitrogens with one attached hydrogen (secondary N) is 1. The number of aromatic nitrogens is 1. The number of piperazine rings is 1. The van der Waals surface area contributed by atoms with Gasteiger partial charge < -0.3 is 21.1 Å². The molecule has 0 aliphatic carbocycles. The molecule has 7 nitrogen and oxygen atoms in total. The molecule has 102 valence electrons. The first-order valence-electron chi connectivity index (χ1n) is 5.98. The summed E-state index contributed by atoms with van der Waals surface area (Å²) in [6, 6.07) is 2.52. The van der Waals surface area contributed by atoms with Crippen molar-refractivity contribution in [3.05, 3.63) is 23.4 Å². The average Bonchev–Trinajstić information content (AvgIpc) is 2.38. The molecule has 1 aliphatic rings. The van der Waals surface area contributed by atoms with Crippen molar-refractivity contribution in [1.29, 1.82) is 0 Å². The number of nitrogens with two attached hydrogens (primary N) is 1. The van der Waals surface area contributed by atoms with E-state index in [9.17, 15) is 14.7 Å². The number of pyridine rings is 1. The van der Waals surface area contributed by atoms with Crippen LogP contribution >= 0.6 is 0 Å². The molecule has 1 aromatic heterocycles. The van der Waals surface area contributed by atoms with Crippen LogP contribution in [0.25, 0.3) is 0 Å². The number of carboxylic acids is 1. The van der Waals surface area contributed by atoms with Crippen molar-refractivity contribution in [2.45, 2.75) is 13.0 Å². The molecule has 0 spiro atoms. The van der Waals surface area contributed by atoms with Gasteiger partial charge in [0.05, 0.1) is 5.56 Å². The predicted molar refractivity (Wildman–Crippen MR) is 69.1 cm³/mol. The Morgan fingerprint density at radius 1 is 1.53 bits per heavy atom. The third-order valence-electron chi connectivity index (χ3n) is 3.08. The van der Waals surface area contributed by atoms with E-state index >= 15 is 0 Å². The van der Waals surface area contributed by atoms with Crippen LogP contribution < -0.4 is 16.0 Å². The fourth-order valence-corrected chi connectivity index (χ4v) is 2.13. The van der Waals surface area contributed by atoms with Gasteiger partial charge >= 0.3 is 5.97 Å². The Kier molecular flexibility index (Phi) is 3.66. The Bertz CT molecular complexity index is 518. The van der Waals surface area contributed by atoms with Gasteiger partial charge in [-0.15, -0.1) is 0 Å². The summed E-state index contributed by atoms with van der Waals surface area (Å²) in [5.41, 5.74) is 6.28. The van der Waals surface area contributed by atoms with Crippen LogP contribution in [0.1, 0.15) is 16.1 Å². The van der Waals surface area contributed by atoms with Crippen molar-refractivity contribution >= 4 is 17.7 Å². The van der Waals surface area contributed by atoms with Crippen LogP contribution in [0, 0.1) is 6.92 Å². The van der Waals surface area contributed by atoms with Gasteiger partial charge in [-0.2, -0.15) is 0 Å². The zero-order valence-electron chi connectivity index (χ0n) is 10.6. The second-order valence-electron chi connectivity index (χ2n) is 4.44. The van der Waals surface area contributed by atoms with Gasteiger partial charge in [-0.1, -0.05) is 0 Å². The maximum absolute atomic E-state index is 11.4. The molecule has 1 aromatic rings. The number of hydrogen-bond acceptors (Lipinski definition) is 5. The van der Waals surface area contributed by atoms with Gasteiger partial charge in [0.2, 0.25) is 0 Å². The molecule has 1 unspecified atom stereocenters. The molecule has 4 N–H and O–H groups in total. The minimum atomic E-state index is -0.953. The van der Waals surface area contributed by atoms with Crippen molar-refractivity contribution in [3.8, 4) is 0 Å². The highest BCUT2D eigenvalue weighted by Crippen LogP contribution is 2.21. The third kappa shape index (κ3) is 2.65. The van der Waals surface area contributed by atoms with Crippen LogP contribution in [0.15, 0.2) is 12.1 Å².